The van der Waals surface area contributed by atoms with Crippen LogP contribution in [0.15, 0.2) is 48.7 Å². The third-order valence-electron chi connectivity index (χ3n) is 5.11. The lowest BCUT2D eigenvalue weighted by atomic mass is 10.2. The summed E-state index contributed by atoms with van der Waals surface area (Å²) in [6.07, 6.45) is 2.09. The summed E-state index contributed by atoms with van der Waals surface area (Å²) < 4.78 is 1.62. The van der Waals surface area contributed by atoms with Gasteiger partial charge in [0.15, 0.2) is 0 Å². The molecular formula is C20H18N6O6S. The van der Waals surface area contributed by atoms with Crippen molar-refractivity contribution in [3.63, 3.8) is 0 Å². The van der Waals surface area contributed by atoms with Gasteiger partial charge in [0.2, 0.25) is 5.91 Å². The summed E-state index contributed by atoms with van der Waals surface area (Å²) in [6.45, 7) is 0.646. The highest BCUT2D eigenvalue weighted by Gasteiger charge is 2.38. The van der Waals surface area contributed by atoms with Gasteiger partial charge in [0.05, 0.1) is 27.3 Å². The third kappa shape index (κ3) is 4.62. The average Bonchev–Trinajstić information content (AvgIpc) is 3.39. The number of hydrogen-bond donors (Lipinski definition) is 1. The van der Waals surface area contributed by atoms with Crippen LogP contribution >= 0.6 is 11.8 Å². The minimum atomic E-state index is -0.645. The molecule has 0 aliphatic carbocycles. The Bertz CT molecular complexity index is 1260. The Balaban J connectivity index is 1.38. The molecule has 1 aliphatic heterocycles. The first-order valence-corrected chi connectivity index (χ1v) is 11.0. The number of carbonyl (C=O) groups is 2. The molecule has 1 saturated heterocycles. The topological polar surface area (TPSA) is 154 Å². The van der Waals surface area contributed by atoms with Gasteiger partial charge in [-0.2, -0.15) is 5.10 Å². The number of aromatic nitrogens is 2. The van der Waals surface area contributed by atoms with Gasteiger partial charge in [0.1, 0.15) is 5.37 Å². The largest absolute Gasteiger partial charge is 0.338 e. The Morgan fingerprint density at radius 2 is 1.91 bits per heavy atom. The maximum Gasteiger partial charge on any atom is 0.325 e. The maximum absolute atomic E-state index is 12.7. The van der Waals surface area contributed by atoms with Crippen molar-refractivity contribution >= 4 is 46.0 Å². The number of carbonyl (C=O) groups excluding carboxylic acids is 2. The zero-order valence-electron chi connectivity index (χ0n) is 17.1. The number of rotatable bonds is 7. The van der Waals surface area contributed by atoms with E-state index in [0.29, 0.717) is 24.0 Å². The van der Waals surface area contributed by atoms with Crippen LogP contribution in [0.1, 0.15) is 17.4 Å². The minimum absolute atomic E-state index is 0.0326. The van der Waals surface area contributed by atoms with Gasteiger partial charge < -0.3 is 5.32 Å². The molecule has 1 fully saturated rings. The highest BCUT2D eigenvalue weighted by molar-refractivity contribution is 8.00. The van der Waals surface area contributed by atoms with Gasteiger partial charge in [-0.15, -0.1) is 11.8 Å². The molecule has 1 atom stereocenters. The van der Waals surface area contributed by atoms with E-state index in [2.05, 4.69) is 10.4 Å². The van der Waals surface area contributed by atoms with Gasteiger partial charge in [-0.1, -0.05) is 12.1 Å². The first-order chi connectivity index (χ1) is 15.8. The molecule has 1 N–H and O–H groups in total. The molecular weight excluding hydrogens is 452 g/mol. The molecule has 0 radical (unpaired) electrons. The van der Waals surface area contributed by atoms with E-state index >= 15 is 0 Å². The number of hydrogen-bond acceptors (Lipinski definition) is 8. The zero-order valence-corrected chi connectivity index (χ0v) is 17.9. The molecule has 2 heterocycles. The standard InChI is InChI=1S/C20H18N6O6S/c27-18-12-33-19(13-3-1-4-15(9-13)25(29)30)24(18)20(28)21-7-2-8-23-17-10-16(26(31)32)6-5-14(17)11-22-23/h1,3-6,9-11,19H,2,7-8,12H2,(H,21,28). The molecule has 13 heteroatoms. The minimum Gasteiger partial charge on any atom is -0.338 e. The molecule has 0 saturated carbocycles. The summed E-state index contributed by atoms with van der Waals surface area (Å²) in [5, 5.41) is 29.1. The smallest absolute Gasteiger partial charge is 0.325 e. The number of nitrogens with one attached hydrogen (secondary N) is 1. The van der Waals surface area contributed by atoms with E-state index < -0.39 is 21.3 Å². The first-order valence-electron chi connectivity index (χ1n) is 9.91. The fourth-order valence-electron chi connectivity index (χ4n) is 3.54. The van der Waals surface area contributed by atoms with Crippen LogP contribution in [0.3, 0.4) is 0 Å². The second-order valence-corrected chi connectivity index (χ2v) is 8.30. The number of urea groups is 1. The monoisotopic (exact) mass is 470 g/mol. The van der Waals surface area contributed by atoms with Crippen LogP contribution in [0.4, 0.5) is 16.2 Å². The number of nitro benzene ring substituents is 2. The van der Waals surface area contributed by atoms with Crippen molar-refractivity contribution in [2.24, 2.45) is 0 Å². The molecule has 0 bridgehead atoms. The molecule has 4 rings (SSSR count). The van der Waals surface area contributed by atoms with Crippen molar-refractivity contribution in [2.75, 3.05) is 12.3 Å². The first kappa shape index (κ1) is 22.2. The number of non-ortho nitro benzene ring substituents is 2. The van der Waals surface area contributed by atoms with Crippen LogP contribution in [-0.4, -0.2) is 48.8 Å². The predicted octanol–water partition coefficient (Wildman–Crippen LogP) is 3.23. The van der Waals surface area contributed by atoms with Gasteiger partial charge in [0, 0.05) is 42.7 Å². The number of thioether (sulfide) groups is 1. The number of amides is 3. The summed E-state index contributed by atoms with van der Waals surface area (Å²) in [7, 11) is 0. The highest BCUT2D eigenvalue weighted by Crippen LogP contribution is 2.39. The van der Waals surface area contributed by atoms with Gasteiger partial charge in [0.25, 0.3) is 11.4 Å². The van der Waals surface area contributed by atoms with Gasteiger partial charge in [-0.05, 0) is 18.1 Å². The number of imide groups is 1. The van der Waals surface area contributed by atoms with Crippen LogP contribution < -0.4 is 5.32 Å². The Kier molecular flexibility index (Phi) is 6.22. The normalized spacial score (nSPS) is 15.7. The lowest BCUT2D eigenvalue weighted by Gasteiger charge is -2.22. The average molecular weight is 470 g/mol. The van der Waals surface area contributed by atoms with Crippen molar-refractivity contribution in [3.05, 3.63) is 74.5 Å². The second kappa shape index (κ2) is 9.24. The Morgan fingerprint density at radius 1 is 1.15 bits per heavy atom. The summed E-state index contributed by atoms with van der Waals surface area (Å²) in [6, 6.07) is 9.78. The molecule has 170 valence electrons. The number of benzene rings is 2. The molecule has 1 aromatic heterocycles. The van der Waals surface area contributed by atoms with E-state index in [-0.39, 0.29) is 29.6 Å². The summed E-state index contributed by atoms with van der Waals surface area (Å²) in [5.41, 5.74) is 0.974. The Labute approximate surface area is 190 Å². The SMILES string of the molecule is O=C1CSC(c2cccc([N+](=O)[O-])c2)N1C(=O)NCCCn1ncc2ccc([N+](=O)[O-])cc21. The Hall–Kier alpha value is -4.00. The van der Waals surface area contributed by atoms with E-state index in [1.807, 2.05) is 0 Å². The van der Waals surface area contributed by atoms with E-state index in [4.69, 9.17) is 0 Å². The summed E-state index contributed by atoms with van der Waals surface area (Å²) in [5.74, 6) is -0.280. The van der Waals surface area contributed by atoms with E-state index in [9.17, 15) is 29.8 Å². The van der Waals surface area contributed by atoms with E-state index in [1.165, 1.54) is 42.1 Å². The van der Waals surface area contributed by atoms with Gasteiger partial charge in [-0.25, -0.2) is 9.69 Å². The number of nitrogens with zero attached hydrogens (tertiary/aromatic N) is 5. The van der Waals surface area contributed by atoms with Crippen molar-refractivity contribution in [1.29, 1.82) is 0 Å². The van der Waals surface area contributed by atoms with Crippen LogP contribution in [0.5, 0.6) is 0 Å². The number of nitro groups is 2. The van der Waals surface area contributed by atoms with Crippen LogP contribution in [0.2, 0.25) is 0 Å². The fraction of sp³-hybridized carbons (Fsp3) is 0.250. The molecule has 3 aromatic rings. The lowest BCUT2D eigenvalue weighted by molar-refractivity contribution is -0.385. The molecule has 2 aromatic carbocycles. The molecule has 0 spiro atoms. The van der Waals surface area contributed by atoms with Crippen LogP contribution in [0.25, 0.3) is 10.9 Å². The van der Waals surface area contributed by atoms with Crippen LogP contribution in [-0.2, 0) is 11.3 Å². The molecule has 33 heavy (non-hydrogen) atoms. The second-order valence-electron chi connectivity index (χ2n) is 7.23. The predicted molar refractivity (Wildman–Crippen MR) is 120 cm³/mol. The molecule has 12 nitrogen and oxygen atoms in total. The van der Waals surface area contributed by atoms with Gasteiger partial charge >= 0.3 is 6.03 Å². The van der Waals surface area contributed by atoms with Crippen molar-refractivity contribution < 1.29 is 19.4 Å². The quantitative estimate of drug-likeness (QED) is 0.314. The molecule has 1 aliphatic rings. The number of fused-ring (bicyclic) bond motifs is 1. The summed E-state index contributed by atoms with van der Waals surface area (Å²) >= 11 is 1.23. The van der Waals surface area contributed by atoms with E-state index in [0.717, 1.165) is 10.3 Å². The summed E-state index contributed by atoms with van der Waals surface area (Å²) in [4.78, 5) is 47.2. The number of aryl methyl sites for hydroxylation is 1. The maximum atomic E-state index is 12.7. The third-order valence-corrected chi connectivity index (χ3v) is 6.33. The van der Waals surface area contributed by atoms with Crippen molar-refractivity contribution in [1.82, 2.24) is 20.0 Å². The molecule has 3 amide bonds. The van der Waals surface area contributed by atoms with E-state index in [1.54, 1.807) is 23.0 Å². The zero-order chi connectivity index (χ0) is 23.5. The Morgan fingerprint density at radius 3 is 2.67 bits per heavy atom. The fourth-order valence-corrected chi connectivity index (χ4v) is 4.68. The van der Waals surface area contributed by atoms with Crippen LogP contribution in [0, 0.1) is 20.2 Å². The van der Waals surface area contributed by atoms with Crippen molar-refractivity contribution in [2.45, 2.75) is 18.3 Å². The highest BCUT2D eigenvalue weighted by atomic mass is 32.2. The van der Waals surface area contributed by atoms with Gasteiger partial charge in [-0.3, -0.25) is 29.7 Å². The van der Waals surface area contributed by atoms with Crippen molar-refractivity contribution in [3.8, 4) is 0 Å². The lowest BCUT2D eigenvalue weighted by Crippen LogP contribution is -2.42. The molecule has 1 unspecified atom stereocenters.